The van der Waals surface area contributed by atoms with Gasteiger partial charge in [-0.3, -0.25) is 4.79 Å². The third-order valence-corrected chi connectivity index (χ3v) is 5.21. The highest BCUT2D eigenvalue weighted by Crippen LogP contribution is 2.31. The van der Waals surface area contributed by atoms with E-state index in [1.807, 2.05) is 12.1 Å². The van der Waals surface area contributed by atoms with Crippen molar-refractivity contribution in [2.75, 3.05) is 26.4 Å². The van der Waals surface area contributed by atoms with Crippen LogP contribution < -0.4 is 0 Å². The molecule has 24 heavy (non-hydrogen) atoms. The second kappa shape index (κ2) is 9.95. The zero-order valence-electron chi connectivity index (χ0n) is 15.3. The average molecular weight is 332 g/mol. The minimum atomic E-state index is 0.317. The second-order valence-electron chi connectivity index (χ2n) is 7.22. The molecule has 1 heterocycles. The molecule has 3 nitrogen and oxygen atoms in total. The van der Waals surface area contributed by atoms with Gasteiger partial charge in [-0.1, -0.05) is 38.3 Å². The maximum Gasteiger partial charge on any atom is 0.150 e. The summed E-state index contributed by atoms with van der Waals surface area (Å²) >= 11 is 0. The molecule has 1 fully saturated rings. The highest BCUT2D eigenvalue weighted by Gasteiger charge is 2.36. The van der Waals surface area contributed by atoms with Gasteiger partial charge in [0, 0.05) is 17.6 Å². The monoisotopic (exact) mass is 332 g/mol. The van der Waals surface area contributed by atoms with Crippen LogP contribution in [0.25, 0.3) is 0 Å². The molecule has 0 unspecified atom stereocenters. The van der Waals surface area contributed by atoms with Crippen molar-refractivity contribution in [3.05, 3.63) is 34.9 Å². The smallest absolute Gasteiger partial charge is 0.150 e. The Bertz CT molecular complexity index is 500. The number of rotatable bonds is 12. The number of carbonyl (C=O) groups excluding carboxylic acids is 1. The van der Waals surface area contributed by atoms with E-state index in [0.29, 0.717) is 5.41 Å². The normalized spacial score (nSPS) is 15.9. The van der Waals surface area contributed by atoms with E-state index in [9.17, 15) is 4.79 Å². The summed E-state index contributed by atoms with van der Waals surface area (Å²) < 4.78 is 11.1. The van der Waals surface area contributed by atoms with Gasteiger partial charge in [-0.2, -0.15) is 0 Å². The van der Waals surface area contributed by atoms with Gasteiger partial charge >= 0.3 is 0 Å². The first-order valence-corrected chi connectivity index (χ1v) is 9.39. The third-order valence-electron chi connectivity index (χ3n) is 5.21. The standard InChI is InChI=1S/C21H32O3/c1-3-21(16-24-17-21)15-23-12-8-6-4-5-7-9-20-11-10-19(14-22)13-18(20)2/h10-11,13-14H,3-9,12,15-17H2,1-2H3. The summed E-state index contributed by atoms with van der Waals surface area (Å²) in [5, 5.41) is 0. The van der Waals surface area contributed by atoms with Gasteiger partial charge in [-0.05, 0) is 49.8 Å². The van der Waals surface area contributed by atoms with E-state index in [2.05, 4.69) is 19.9 Å². The van der Waals surface area contributed by atoms with Gasteiger partial charge < -0.3 is 9.47 Å². The van der Waals surface area contributed by atoms with Gasteiger partial charge in [0.15, 0.2) is 0 Å². The summed E-state index contributed by atoms with van der Waals surface area (Å²) in [4.78, 5) is 10.8. The molecule has 0 spiro atoms. The molecule has 0 radical (unpaired) electrons. The molecule has 0 amide bonds. The molecule has 0 aliphatic carbocycles. The van der Waals surface area contributed by atoms with E-state index in [0.717, 1.165) is 57.5 Å². The molecule has 2 rings (SSSR count). The Morgan fingerprint density at radius 1 is 1.17 bits per heavy atom. The minimum absolute atomic E-state index is 0.317. The van der Waals surface area contributed by atoms with Crippen LogP contribution in [-0.2, 0) is 15.9 Å². The van der Waals surface area contributed by atoms with Crippen molar-refractivity contribution < 1.29 is 14.3 Å². The minimum Gasteiger partial charge on any atom is -0.381 e. The summed E-state index contributed by atoms with van der Waals surface area (Å²) in [6.07, 6.45) is 9.35. The zero-order valence-corrected chi connectivity index (χ0v) is 15.3. The Balaban J connectivity index is 1.47. The van der Waals surface area contributed by atoms with Crippen molar-refractivity contribution in [3.8, 4) is 0 Å². The number of hydrogen-bond donors (Lipinski definition) is 0. The van der Waals surface area contributed by atoms with Crippen LogP contribution in [0.5, 0.6) is 0 Å². The fourth-order valence-electron chi connectivity index (χ4n) is 3.19. The fraction of sp³-hybridized carbons (Fsp3) is 0.667. The highest BCUT2D eigenvalue weighted by atomic mass is 16.5. The molecule has 0 aromatic heterocycles. The maximum atomic E-state index is 10.8. The van der Waals surface area contributed by atoms with Crippen LogP contribution >= 0.6 is 0 Å². The molecular formula is C21H32O3. The van der Waals surface area contributed by atoms with Crippen molar-refractivity contribution in [2.24, 2.45) is 5.41 Å². The van der Waals surface area contributed by atoms with Crippen molar-refractivity contribution in [2.45, 2.75) is 58.8 Å². The van der Waals surface area contributed by atoms with E-state index in [4.69, 9.17) is 9.47 Å². The molecule has 1 aliphatic rings. The van der Waals surface area contributed by atoms with Gasteiger partial charge in [0.2, 0.25) is 0 Å². The Morgan fingerprint density at radius 3 is 2.54 bits per heavy atom. The summed E-state index contributed by atoms with van der Waals surface area (Å²) in [5.74, 6) is 0. The van der Waals surface area contributed by atoms with Crippen LogP contribution in [0.15, 0.2) is 18.2 Å². The Labute approximate surface area is 146 Å². The largest absolute Gasteiger partial charge is 0.381 e. The van der Waals surface area contributed by atoms with Crippen LogP contribution in [0.3, 0.4) is 0 Å². The number of carbonyl (C=O) groups is 1. The van der Waals surface area contributed by atoms with Crippen molar-refractivity contribution in [1.82, 2.24) is 0 Å². The first-order valence-electron chi connectivity index (χ1n) is 9.39. The van der Waals surface area contributed by atoms with E-state index in [1.165, 1.54) is 36.8 Å². The zero-order chi connectivity index (χ0) is 17.3. The van der Waals surface area contributed by atoms with Crippen LogP contribution in [0.2, 0.25) is 0 Å². The van der Waals surface area contributed by atoms with Crippen molar-refractivity contribution >= 4 is 6.29 Å². The molecular weight excluding hydrogens is 300 g/mol. The topological polar surface area (TPSA) is 35.5 Å². The molecule has 0 saturated carbocycles. The highest BCUT2D eigenvalue weighted by molar-refractivity contribution is 5.75. The Kier molecular flexibility index (Phi) is 7.93. The first kappa shape index (κ1) is 19.1. The molecule has 3 heteroatoms. The molecule has 0 bridgehead atoms. The maximum absolute atomic E-state index is 10.8. The number of hydrogen-bond acceptors (Lipinski definition) is 3. The molecule has 1 saturated heterocycles. The summed E-state index contributed by atoms with van der Waals surface area (Å²) in [6.45, 7) is 7.80. The summed E-state index contributed by atoms with van der Waals surface area (Å²) in [7, 11) is 0. The van der Waals surface area contributed by atoms with Gasteiger partial charge in [0.05, 0.1) is 19.8 Å². The lowest BCUT2D eigenvalue weighted by molar-refractivity contribution is -0.150. The lowest BCUT2D eigenvalue weighted by atomic mass is 9.84. The summed E-state index contributed by atoms with van der Waals surface area (Å²) in [6, 6.07) is 6.00. The predicted molar refractivity (Wildman–Crippen MR) is 97.7 cm³/mol. The van der Waals surface area contributed by atoms with Crippen LogP contribution in [0.4, 0.5) is 0 Å². The molecule has 0 N–H and O–H groups in total. The molecule has 134 valence electrons. The average Bonchev–Trinajstić information content (AvgIpc) is 2.56. The van der Waals surface area contributed by atoms with E-state index < -0.39 is 0 Å². The molecule has 1 aromatic rings. The molecule has 0 atom stereocenters. The number of aldehydes is 1. The van der Waals surface area contributed by atoms with Crippen LogP contribution in [-0.4, -0.2) is 32.7 Å². The second-order valence-corrected chi connectivity index (χ2v) is 7.22. The van der Waals surface area contributed by atoms with E-state index >= 15 is 0 Å². The van der Waals surface area contributed by atoms with Crippen molar-refractivity contribution in [1.29, 1.82) is 0 Å². The van der Waals surface area contributed by atoms with Gasteiger partial charge in [-0.25, -0.2) is 0 Å². The summed E-state index contributed by atoms with van der Waals surface area (Å²) in [5.41, 5.74) is 3.70. The fourth-order valence-corrected chi connectivity index (χ4v) is 3.19. The molecule has 1 aliphatic heterocycles. The number of aryl methyl sites for hydroxylation is 2. The van der Waals surface area contributed by atoms with Gasteiger partial charge in [-0.15, -0.1) is 0 Å². The number of unbranched alkanes of at least 4 members (excludes halogenated alkanes) is 4. The quantitative estimate of drug-likeness (QED) is 0.409. The lowest BCUT2D eigenvalue weighted by Gasteiger charge is -2.40. The van der Waals surface area contributed by atoms with E-state index in [-0.39, 0.29) is 0 Å². The van der Waals surface area contributed by atoms with E-state index in [1.54, 1.807) is 0 Å². The van der Waals surface area contributed by atoms with Crippen molar-refractivity contribution in [3.63, 3.8) is 0 Å². The lowest BCUT2D eigenvalue weighted by Crippen LogP contribution is -2.45. The predicted octanol–water partition coefficient (Wildman–Crippen LogP) is 4.74. The van der Waals surface area contributed by atoms with Gasteiger partial charge in [0.25, 0.3) is 0 Å². The Hall–Kier alpha value is -1.19. The third kappa shape index (κ3) is 5.71. The Morgan fingerprint density at radius 2 is 1.92 bits per heavy atom. The first-order chi connectivity index (χ1) is 11.7. The SMILES string of the molecule is CCC1(COCCCCCCCc2ccc(C=O)cc2C)COC1. The van der Waals surface area contributed by atoms with Gasteiger partial charge in [0.1, 0.15) is 6.29 Å². The number of benzene rings is 1. The van der Waals surface area contributed by atoms with Crippen LogP contribution in [0, 0.1) is 12.3 Å². The van der Waals surface area contributed by atoms with Crippen LogP contribution in [0.1, 0.15) is 66.9 Å². The number of ether oxygens (including phenoxy) is 2. The molecule has 1 aromatic carbocycles.